The summed E-state index contributed by atoms with van der Waals surface area (Å²) >= 11 is 0. The number of piperidine rings is 1. The molecule has 1 heterocycles. The molecule has 0 spiro atoms. The second-order valence-corrected chi connectivity index (χ2v) is 11.2. The Morgan fingerprint density at radius 2 is 1.73 bits per heavy atom. The van der Waals surface area contributed by atoms with Gasteiger partial charge in [-0.1, -0.05) is 24.6 Å². The molecule has 0 bridgehead atoms. The van der Waals surface area contributed by atoms with Gasteiger partial charge < -0.3 is 10.1 Å². The van der Waals surface area contributed by atoms with Crippen LogP contribution in [0.15, 0.2) is 53.4 Å². The summed E-state index contributed by atoms with van der Waals surface area (Å²) in [5.41, 5.74) is 1.34. The van der Waals surface area contributed by atoms with Gasteiger partial charge >= 0.3 is 5.97 Å². The molecule has 2 aromatic carbocycles. The molecule has 1 amide bonds. The lowest BCUT2D eigenvalue weighted by Crippen LogP contribution is -2.35. The Morgan fingerprint density at radius 1 is 1.03 bits per heavy atom. The number of benzene rings is 2. The third-order valence-electron chi connectivity index (χ3n) is 5.20. The minimum atomic E-state index is -3.63. The molecule has 1 N–H and O–H groups in total. The van der Waals surface area contributed by atoms with Crippen molar-refractivity contribution in [3.05, 3.63) is 65.2 Å². The van der Waals surface area contributed by atoms with E-state index in [1.54, 1.807) is 42.7 Å². The highest BCUT2D eigenvalue weighted by atomic mass is 32.2. The van der Waals surface area contributed by atoms with Gasteiger partial charge in [0.1, 0.15) is 6.61 Å². The van der Waals surface area contributed by atoms with Crippen molar-refractivity contribution in [2.24, 2.45) is 0 Å². The van der Waals surface area contributed by atoms with Crippen LogP contribution in [-0.2, 0) is 31.3 Å². The molecule has 1 aliphatic heterocycles. The van der Waals surface area contributed by atoms with Crippen LogP contribution in [0.1, 0.15) is 45.5 Å². The first-order valence-electron chi connectivity index (χ1n) is 10.7. The highest BCUT2D eigenvalue weighted by Crippen LogP contribution is 2.21. The van der Waals surface area contributed by atoms with E-state index >= 15 is 0 Å². The van der Waals surface area contributed by atoms with Crippen molar-refractivity contribution in [1.82, 2.24) is 9.62 Å². The molecule has 1 atom stereocenters. The lowest BCUT2D eigenvalue weighted by molar-refractivity contribution is 0.0503. The van der Waals surface area contributed by atoms with Crippen LogP contribution in [0.5, 0.6) is 0 Å². The van der Waals surface area contributed by atoms with Crippen LogP contribution >= 0.6 is 0 Å². The maximum Gasteiger partial charge on any atom is 0.338 e. The number of rotatable bonds is 9. The standard InChI is InChI=1S/C23H28N2O6S2/c1-32(28)17-18-7-5-9-20(15-18)23(27)31-14-11-24-22(26)19-8-6-10-21(16-19)33(29,30)25-12-3-2-4-13-25/h5-10,15-16H,2-4,11-14,17H2,1H3,(H,24,26)/t32-/m1/s1. The Morgan fingerprint density at radius 3 is 2.45 bits per heavy atom. The summed E-state index contributed by atoms with van der Waals surface area (Å²) in [4.78, 5) is 24.8. The summed E-state index contributed by atoms with van der Waals surface area (Å²) in [6.45, 7) is 1.01. The zero-order valence-corrected chi connectivity index (χ0v) is 20.1. The van der Waals surface area contributed by atoms with Crippen LogP contribution in [-0.4, -0.2) is 61.3 Å². The van der Waals surface area contributed by atoms with Crippen molar-refractivity contribution in [2.75, 3.05) is 32.5 Å². The van der Waals surface area contributed by atoms with Crippen LogP contribution < -0.4 is 5.32 Å². The molecule has 178 valence electrons. The van der Waals surface area contributed by atoms with E-state index in [1.165, 1.54) is 16.4 Å². The Labute approximate surface area is 196 Å². The van der Waals surface area contributed by atoms with Crippen molar-refractivity contribution in [3.8, 4) is 0 Å². The summed E-state index contributed by atoms with van der Waals surface area (Å²) in [6, 6.07) is 12.7. The van der Waals surface area contributed by atoms with Gasteiger partial charge in [-0.25, -0.2) is 13.2 Å². The first-order valence-corrected chi connectivity index (χ1v) is 13.9. The van der Waals surface area contributed by atoms with Crippen molar-refractivity contribution < 1.29 is 27.0 Å². The zero-order chi connectivity index (χ0) is 23.8. The average molecular weight is 493 g/mol. The van der Waals surface area contributed by atoms with Gasteiger partial charge in [0.2, 0.25) is 10.0 Å². The summed E-state index contributed by atoms with van der Waals surface area (Å²) in [6.07, 6.45) is 4.28. The number of amides is 1. The van der Waals surface area contributed by atoms with Crippen LogP contribution in [0.4, 0.5) is 0 Å². The molecule has 0 aromatic heterocycles. The lowest BCUT2D eigenvalue weighted by Gasteiger charge is -2.26. The predicted octanol–water partition coefficient (Wildman–Crippen LogP) is 2.33. The first kappa shape index (κ1) is 25.1. The lowest BCUT2D eigenvalue weighted by atomic mass is 10.1. The van der Waals surface area contributed by atoms with E-state index in [9.17, 15) is 22.2 Å². The smallest absolute Gasteiger partial charge is 0.338 e. The molecular formula is C23H28N2O6S2. The van der Waals surface area contributed by atoms with E-state index in [-0.39, 0.29) is 23.6 Å². The molecule has 10 heteroatoms. The molecule has 1 fully saturated rings. The summed E-state index contributed by atoms with van der Waals surface area (Å²) in [5.74, 6) is -0.638. The van der Waals surface area contributed by atoms with Crippen LogP contribution in [0.2, 0.25) is 0 Å². The number of nitrogens with zero attached hydrogens (tertiary/aromatic N) is 1. The summed E-state index contributed by atoms with van der Waals surface area (Å²) in [5, 5.41) is 2.64. The Kier molecular flexibility index (Phi) is 8.76. The third-order valence-corrected chi connectivity index (χ3v) is 7.84. The molecular weight excluding hydrogens is 464 g/mol. The molecule has 0 unspecified atom stereocenters. The van der Waals surface area contributed by atoms with E-state index in [0.29, 0.717) is 24.4 Å². The van der Waals surface area contributed by atoms with Crippen molar-refractivity contribution in [1.29, 1.82) is 0 Å². The molecule has 2 aromatic rings. The van der Waals surface area contributed by atoms with E-state index in [2.05, 4.69) is 5.32 Å². The van der Waals surface area contributed by atoms with Crippen molar-refractivity contribution in [3.63, 3.8) is 0 Å². The van der Waals surface area contributed by atoms with Gasteiger partial charge in [0, 0.05) is 41.5 Å². The third kappa shape index (κ3) is 6.96. The largest absolute Gasteiger partial charge is 0.460 e. The van der Waals surface area contributed by atoms with Crippen LogP contribution in [0.25, 0.3) is 0 Å². The average Bonchev–Trinajstić information content (AvgIpc) is 2.82. The molecule has 8 nitrogen and oxygen atoms in total. The number of esters is 1. The van der Waals surface area contributed by atoms with Gasteiger partial charge in [-0.3, -0.25) is 9.00 Å². The fraction of sp³-hybridized carbons (Fsp3) is 0.391. The molecule has 3 rings (SSSR count). The van der Waals surface area contributed by atoms with Crippen molar-refractivity contribution in [2.45, 2.75) is 29.9 Å². The Bertz CT molecular complexity index is 1130. The number of sulfonamides is 1. The number of ether oxygens (including phenoxy) is 1. The fourth-order valence-electron chi connectivity index (χ4n) is 3.57. The second-order valence-electron chi connectivity index (χ2n) is 7.80. The van der Waals surface area contributed by atoms with Gasteiger partial charge in [-0.15, -0.1) is 0 Å². The molecule has 1 aliphatic rings. The number of hydrogen-bond donors (Lipinski definition) is 1. The minimum absolute atomic E-state index is 0.0414. The van der Waals surface area contributed by atoms with E-state index in [0.717, 1.165) is 24.8 Å². The molecule has 1 saturated heterocycles. The highest BCUT2D eigenvalue weighted by molar-refractivity contribution is 7.89. The van der Waals surface area contributed by atoms with Gasteiger partial charge in [-0.2, -0.15) is 4.31 Å². The summed E-state index contributed by atoms with van der Waals surface area (Å²) < 4.78 is 43.7. The fourth-order valence-corrected chi connectivity index (χ4v) is 5.78. The molecule has 0 radical (unpaired) electrons. The summed E-state index contributed by atoms with van der Waals surface area (Å²) in [7, 11) is -4.65. The number of nitrogens with one attached hydrogen (secondary N) is 1. The quantitative estimate of drug-likeness (QED) is 0.425. The number of hydrogen-bond acceptors (Lipinski definition) is 6. The predicted molar refractivity (Wildman–Crippen MR) is 126 cm³/mol. The number of carbonyl (C=O) groups is 2. The number of carbonyl (C=O) groups excluding carboxylic acids is 2. The monoisotopic (exact) mass is 492 g/mol. The van der Waals surface area contributed by atoms with E-state index in [1.807, 2.05) is 0 Å². The second kappa shape index (κ2) is 11.5. The van der Waals surface area contributed by atoms with Gasteiger partial charge in [0.05, 0.1) is 17.0 Å². The highest BCUT2D eigenvalue weighted by Gasteiger charge is 2.26. The van der Waals surface area contributed by atoms with Crippen LogP contribution in [0, 0.1) is 0 Å². The van der Waals surface area contributed by atoms with E-state index < -0.39 is 32.7 Å². The van der Waals surface area contributed by atoms with Gasteiger partial charge in [0.25, 0.3) is 5.91 Å². The maximum atomic E-state index is 12.8. The maximum absolute atomic E-state index is 12.8. The SMILES string of the molecule is C[S@@](=O)Cc1cccc(C(=O)OCCNC(=O)c2cccc(S(=O)(=O)N3CCCCC3)c2)c1. The topological polar surface area (TPSA) is 110 Å². The van der Waals surface area contributed by atoms with Gasteiger partial charge in [0.15, 0.2) is 0 Å². The normalized spacial score (nSPS) is 15.5. The molecule has 0 aliphatic carbocycles. The minimum Gasteiger partial charge on any atom is -0.460 e. The zero-order valence-electron chi connectivity index (χ0n) is 18.5. The van der Waals surface area contributed by atoms with Crippen LogP contribution in [0.3, 0.4) is 0 Å². The van der Waals surface area contributed by atoms with E-state index in [4.69, 9.17) is 4.74 Å². The molecule has 0 saturated carbocycles. The Hall–Kier alpha value is -2.56. The molecule has 33 heavy (non-hydrogen) atoms. The van der Waals surface area contributed by atoms with Gasteiger partial charge in [-0.05, 0) is 48.7 Å². The van der Waals surface area contributed by atoms with Crippen molar-refractivity contribution >= 4 is 32.7 Å². The first-order chi connectivity index (χ1) is 15.8. The Balaban J connectivity index is 1.52.